The normalized spacial score (nSPS) is 16.0. The van der Waals surface area contributed by atoms with Crippen LogP contribution in [0, 0.1) is 0 Å². The van der Waals surface area contributed by atoms with Crippen LogP contribution in [-0.2, 0) is 17.5 Å². The minimum absolute atomic E-state index is 0. The summed E-state index contributed by atoms with van der Waals surface area (Å²) in [6.07, 6.45) is -4.72. The highest BCUT2D eigenvalue weighted by atomic mass is 35.5. The standard InChI is InChI=1S/C27H25F3N6O2.ClH/c1-38-23-13-12-21(36-26(27(28,29)30)32-33-34-36)14-20(23)15-35-16-22(31-24(37)17-35)25(18-8-4-2-5-9-18)19-10-6-3-7-11-19;/h2-14,22,25H,15-17H2,1H3,(H,31,37);1H. The molecule has 0 saturated carbocycles. The fraction of sp³-hybridized carbons (Fsp3) is 0.259. The Bertz CT molecular complexity index is 1360. The van der Waals surface area contributed by atoms with Crippen molar-refractivity contribution in [2.24, 2.45) is 0 Å². The zero-order chi connectivity index (χ0) is 26.7. The van der Waals surface area contributed by atoms with E-state index in [0.717, 1.165) is 11.1 Å². The van der Waals surface area contributed by atoms with E-state index in [1.54, 1.807) is 12.1 Å². The fourth-order valence-electron chi connectivity index (χ4n) is 4.93. The Morgan fingerprint density at radius 2 is 1.67 bits per heavy atom. The number of ether oxygens (including phenoxy) is 1. The van der Waals surface area contributed by atoms with Crippen LogP contribution < -0.4 is 10.1 Å². The van der Waals surface area contributed by atoms with Gasteiger partial charge in [0.2, 0.25) is 5.91 Å². The number of nitrogens with one attached hydrogen (secondary N) is 1. The summed E-state index contributed by atoms with van der Waals surface area (Å²) in [5.41, 5.74) is 2.90. The smallest absolute Gasteiger partial charge is 0.453 e. The molecule has 1 amide bonds. The van der Waals surface area contributed by atoms with Gasteiger partial charge >= 0.3 is 6.18 Å². The van der Waals surface area contributed by atoms with Crippen molar-refractivity contribution in [1.82, 2.24) is 30.4 Å². The summed E-state index contributed by atoms with van der Waals surface area (Å²) in [4.78, 5) is 14.8. The number of amides is 1. The third-order valence-corrected chi connectivity index (χ3v) is 6.51. The Kier molecular flexibility index (Phi) is 8.51. The first-order valence-electron chi connectivity index (χ1n) is 12.0. The van der Waals surface area contributed by atoms with Crippen LogP contribution >= 0.6 is 12.4 Å². The number of hydrogen-bond acceptors (Lipinski definition) is 6. The first-order chi connectivity index (χ1) is 18.3. The van der Waals surface area contributed by atoms with E-state index >= 15 is 0 Å². The molecule has 1 fully saturated rings. The molecule has 12 heteroatoms. The van der Waals surface area contributed by atoms with E-state index in [4.69, 9.17) is 4.74 Å². The average Bonchev–Trinajstić information content (AvgIpc) is 3.41. The van der Waals surface area contributed by atoms with E-state index in [2.05, 4.69) is 20.8 Å². The van der Waals surface area contributed by atoms with Crippen LogP contribution in [0.1, 0.15) is 28.4 Å². The van der Waals surface area contributed by atoms with E-state index < -0.39 is 12.0 Å². The molecule has 1 aliphatic rings. The number of carbonyl (C=O) groups is 1. The van der Waals surface area contributed by atoms with Crippen molar-refractivity contribution in [3.05, 3.63) is 101 Å². The first-order valence-corrected chi connectivity index (χ1v) is 12.0. The molecule has 204 valence electrons. The van der Waals surface area contributed by atoms with Gasteiger partial charge in [0, 0.05) is 24.6 Å². The van der Waals surface area contributed by atoms with Gasteiger partial charge < -0.3 is 10.1 Å². The predicted octanol–water partition coefficient (Wildman–Crippen LogP) is 4.24. The topological polar surface area (TPSA) is 85.2 Å². The predicted molar refractivity (Wildman–Crippen MR) is 140 cm³/mol. The Morgan fingerprint density at radius 3 is 2.26 bits per heavy atom. The molecule has 1 unspecified atom stereocenters. The van der Waals surface area contributed by atoms with Crippen molar-refractivity contribution < 1.29 is 22.7 Å². The van der Waals surface area contributed by atoms with Gasteiger partial charge in [0.1, 0.15) is 5.75 Å². The lowest BCUT2D eigenvalue weighted by Gasteiger charge is -2.38. The minimum Gasteiger partial charge on any atom is -0.496 e. The number of nitrogens with zero attached hydrogens (tertiary/aromatic N) is 5. The monoisotopic (exact) mass is 558 g/mol. The van der Waals surface area contributed by atoms with Crippen LogP contribution in [0.2, 0.25) is 0 Å². The second-order valence-electron chi connectivity index (χ2n) is 9.05. The Balaban J connectivity index is 0.00000353. The van der Waals surface area contributed by atoms with Gasteiger partial charge in [-0.2, -0.15) is 17.9 Å². The summed E-state index contributed by atoms with van der Waals surface area (Å²) in [5, 5.41) is 13.0. The summed E-state index contributed by atoms with van der Waals surface area (Å²) in [6.45, 7) is 0.936. The van der Waals surface area contributed by atoms with E-state index in [1.165, 1.54) is 13.2 Å². The van der Waals surface area contributed by atoms with E-state index in [9.17, 15) is 18.0 Å². The van der Waals surface area contributed by atoms with Gasteiger partial charge in [-0.3, -0.25) is 9.69 Å². The number of aromatic nitrogens is 4. The van der Waals surface area contributed by atoms with E-state index in [1.807, 2.05) is 65.6 Å². The third kappa shape index (κ3) is 6.21. The fourth-order valence-corrected chi connectivity index (χ4v) is 4.93. The molecule has 5 rings (SSSR count). The Labute approximate surface area is 229 Å². The molecule has 1 saturated heterocycles. The van der Waals surface area contributed by atoms with Crippen molar-refractivity contribution in [1.29, 1.82) is 0 Å². The van der Waals surface area contributed by atoms with Crippen molar-refractivity contribution in [2.45, 2.75) is 24.7 Å². The summed E-state index contributed by atoms with van der Waals surface area (Å²) in [5.74, 6) is -0.957. The van der Waals surface area contributed by atoms with Gasteiger partial charge in [-0.15, -0.1) is 17.5 Å². The SMILES string of the molecule is COc1ccc(-n2nnnc2C(F)(F)F)cc1CN1CC(=O)NC(C(c2ccccc2)c2ccccc2)C1.Cl. The quantitative estimate of drug-likeness (QED) is 0.365. The molecule has 2 heterocycles. The van der Waals surface area contributed by atoms with Crippen molar-refractivity contribution in [3.63, 3.8) is 0 Å². The molecule has 1 N–H and O–H groups in total. The van der Waals surface area contributed by atoms with Crippen LogP contribution in [0.3, 0.4) is 0 Å². The molecule has 8 nitrogen and oxygen atoms in total. The number of alkyl halides is 3. The van der Waals surface area contributed by atoms with E-state index in [0.29, 0.717) is 22.5 Å². The molecule has 0 aliphatic carbocycles. The van der Waals surface area contributed by atoms with Crippen molar-refractivity contribution >= 4 is 18.3 Å². The lowest BCUT2D eigenvalue weighted by molar-refractivity contribution is -0.146. The van der Waals surface area contributed by atoms with Crippen LogP contribution in [-0.4, -0.2) is 57.3 Å². The minimum atomic E-state index is -4.72. The molecule has 4 aromatic rings. The molecule has 1 aromatic heterocycles. The Morgan fingerprint density at radius 1 is 1.03 bits per heavy atom. The average molecular weight is 559 g/mol. The maximum Gasteiger partial charge on any atom is 0.453 e. The van der Waals surface area contributed by atoms with Crippen LogP contribution in [0.4, 0.5) is 13.2 Å². The Hall–Kier alpha value is -3.96. The lowest BCUT2D eigenvalue weighted by Crippen LogP contribution is -2.56. The molecule has 0 spiro atoms. The number of tetrazole rings is 1. The molecule has 0 radical (unpaired) electrons. The maximum atomic E-state index is 13.4. The second kappa shape index (κ2) is 11.8. The van der Waals surface area contributed by atoms with Crippen LogP contribution in [0.15, 0.2) is 78.9 Å². The summed E-state index contributed by atoms with van der Waals surface area (Å²) in [7, 11) is 1.49. The van der Waals surface area contributed by atoms with Gasteiger partial charge in [-0.25, -0.2) is 0 Å². The molecule has 1 atom stereocenters. The molecule has 39 heavy (non-hydrogen) atoms. The van der Waals surface area contributed by atoms with Gasteiger partial charge in [-0.1, -0.05) is 60.7 Å². The molecule has 3 aromatic carbocycles. The third-order valence-electron chi connectivity index (χ3n) is 6.51. The number of rotatable bonds is 7. The molecule has 1 aliphatic heterocycles. The van der Waals surface area contributed by atoms with Gasteiger partial charge in [-0.05, 0) is 39.8 Å². The van der Waals surface area contributed by atoms with Crippen molar-refractivity contribution in [3.8, 4) is 11.4 Å². The summed E-state index contributed by atoms with van der Waals surface area (Å²) < 4.78 is 46.3. The zero-order valence-electron chi connectivity index (χ0n) is 20.9. The molecule has 0 bridgehead atoms. The largest absolute Gasteiger partial charge is 0.496 e. The number of benzene rings is 3. The summed E-state index contributed by atoms with van der Waals surface area (Å²) >= 11 is 0. The number of halogens is 4. The van der Waals surface area contributed by atoms with Crippen LogP contribution in [0.5, 0.6) is 5.75 Å². The van der Waals surface area contributed by atoms with Gasteiger partial charge in [0.25, 0.3) is 5.82 Å². The highest BCUT2D eigenvalue weighted by Crippen LogP contribution is 2.32. The number of carbonyl (C=O) groups excluding carboxylic acids is 1. The summed E-state index contributed by atoms with van der Waals surface area (Å²) in [6, 6.07) is 24.3. The number of piperazine rings is 1. The zero-order valence-corrected chi connectivity index (χ0v) is 21.7. The van der Waals surface area contributed by atoms with Gasteiger partial charge in [0.15, 0.2) is 0 Å². The number of hydrogen-bond donors (Lipinski definition) is 1. The number of methoxy groups -OCH3 is 1. The van der Waals surface area contributed by atoms with Crippen molar-refractivity contribution in [2.75, 3.05) is 20.2 Å². The van der Waals surface area contributed by atoms with Gasteiger partial charge in [0.05, 0.1) is 25.4 Å². The highest BCUT2D eigenvalue weighted by molar-refractivity contribution is 5.85. The maximum absolute atomic E-state index is 13.4. The second-order valence-corrected chi connectivity index (χ2v) is 9.05. The first kappa shape index (κ1) is 28.1. The molecular weight excluding hydrogens is 533 g/mol. The van der Waals surface area contributed by atoms with Crippen LogP contribution in [0.25, 0.3) is 5.69 Å². The van der Waals surface area contributed by atoms with E-state index in [-0.39, 0.29) is 49.1 Å². The highest BCUT2D eigenvalue weighted by Gasteiger charge is 2.38. The molecular formula is C27H26ClF3N6O2. The lowest BCUT2D eigenvalue weighted by atomic mass is 9.84.